The van der Waals surface area contributed by atoms with Gasteiger partial charge in [0.2, 0.25) is 5.82 Å². The van der Waals surface area contributed by atoms with Crippen molar-refractivity contribution in [2.24, 2.45) is 0 Å². The van der Waals surface area contributed by atoms with E-state index in [1.807, 2.05) is 6.07 Å². The third-order valence-corrected chi connectivity index (χ3v) is 3.97. The minimum absolute atomic E-state index is 0.128. The number of anilines is 1. The van der Waals surface area contributed by atoms with Gasteiger partial charge in [-0.2, -0.15) is 5.26 Å². The van der Waals surface area contributed by atoms with Crippen molar-refractivity contribution in [1.29, 1.82) is 5.26 Å². The van der Waals surface area contributed by atoms with E-state index < -0.39 is 22.8 Å². The molecule has 0 aliphatic rings. The minimum Gasteiger partial charge on any atom is -0.481 e. The lowest BCUT2D eigenvalue weighted by Crippen LogP contribution is -2.30. The predicted molar refractivity (Wildman–Crippen MR) is 107 cm³/mol. The Hall–Kier alpha value is -4.52. The van der Waals surface area contributed by atoms with Crippen LogP contribution in [0.15, 0.2) is 60.8 Å². The highest BCUT2D eigenvalue weighted by atomic mass is 19.1. The minimum atomic E-state index is -0.977. The molecule has 10 heteroatoms. The molecule has 3 rings (SSSR count). The maximum Gasteiger partial charge on any atom is 0.311 e. The average molecular weight is 422 g/mol. The lowest BCUT2D eigenvalue weighted by molar-refractivity contribution is -0.384. The lowest BCUT2D eigenvalue weighted by atomic mass is 10.2. The molecule has 1 unspecified atom stereocenters. The molecule has 1 N–H and O–H groups in total. The van der Waals surface area contributed by atoms with Gasteiger partial charge in [-0.3, -0.25) is 14.9 Å². The van der Waals surface area contributed by atoms with Crippen LogP contribution in [-0.4, -0.2) is 21.9 Å². The number of rotatable bonds is 7. The molecule has 3 aromatic rings. The van der Waals surface area contributed by atoms with E-state index in [1.54, 1.807) is 12.1 Å². The lowest BCUT2D eigenvalue weighted by Gasteiger charge is -2.15. The zero-order chi connectivity index (χ0) is 22.4. The highest BCUT2D eigenvalue weighted by molar-refractivity contribution is 5.94. The van der Waals surface area contributed by atoms with Gasteiger partial charge in [0.05, 0.1) is 16.6 Å². The second-order valence-corrected chi connectivity index (χ2v) is 6.24. The molecule has 156 valence electrons. The zero-order valence-corrected chi connectivity index (χ0v) is 16.1. The van der Waals surface area contributed by atoms with E-state index in [0.717, 1.165) is 12.1 Å². The summed E-state index contributed by atoms with van der Waals surface area (Å²) in [4.78, 5) is 26.5. The molecule has 0 spiro atoms. The largest absolute Gasteiger partial charge is 0.481 e. The van der Waals surface area contributed by atoms with Crippen LogP contribution in [-0.2, 0) is 4.79 Å². The molecule has 0 aliphatic heterocycles. The molecule has 2 aromatic carbocycles. The summed E-state index contributed by atoms with van der Waals surface area (Å²) in [6.07, 6.45) is 0.347. The topological polar surface area (TPSA) is 127 Å². The Labute approximate surface area is 175 Å². The number of hydrogen-bond donors (Lipinski definition) is 1. The van der Waals surface area contributed by atoms with Crippen molar-refractivity contribution in [1.82, 2.24) is 4.98 Å². The van der Waals surface area contributed by atoms with Crippen LogP contribution in [0.1, 0.15) is 12.5 Å². The smallest absolute Gasteiger partial charge is 0.311 e. The summed E-state index contributed by atoms with van der Waals surface area (Å²) in [7, 11) is 0. The summed E-state index contributed by atoms with van der Waals surface area (Å²) < 4.78 is 24.6. The average Bonchev–Trinajstić information content (AvgIpc) is 2.74. The fourth-order valence-electron chi connectivity index (χ4n) is 2.52. The van der Waals surface area contributed by atoms with E-state index >= 15 is 0 Å². The summed E-state index contributed by atoms with van der Waals surface area (Å²) in [6, 6.07) is 14.3. The van der Waals surface area contributed by atoms with Crippen LogP contribution < -0.4 is 14.8 Å². The maximum atomic E-state index is 13.5. The quantitative estimate of drug-likeness (QED) is 0.446. The SMILES string of the molecule is CC(Oc1ccc(Oc2cc(F)cc(C#N)c2)cc1)C(=O)Nc1ncccc1[N+](=O)[O-]. The van der Waals surface area contributed by atoms with Crippen LogP contribution in [0, 0.1) is 27.3 Å². The molecule has 31 heavy (non-hydrogen) atoms. The van der Waals surface area contributed by atoms with Gasteiger partial charge >= 0.3 is 5.69 Å². The van der Waals surface area contributed by atoms with Gasteiger partial charge in [-0.15, -0.1) is 0 Å². The van der Waals surface area contributed by atoms with E-state index in [9.17, 15) is 19.3 Å². The second kappa shape index (κ2) is 9.32. The summed E-state index contributed by atoms with van der Waals surface area (Å²) >= 11 is 0. The Balaban J connectivity index is 1.63. The Kier molecular flexibility index (Phi) is 6.37. The molecule has 0 bridgehead atoms. The maximum absolute atomic E-state index is 13.5. The molecule has 9 nitrogen and oxygen atoms in total. The molecule has 1 heterocycles. The number of nitriles is 1. The van der Waals surface area contributed by atoms with Crippen LogP contribution in [0.3, 0.4) is 0 Å². The van der Waals surface area contributed by atoms with Crippen LogP contribution in [0.5, 0.6) is 17.2 Å². The second-order valence-electron chi connectivity index (χ2n) is 6.24. The van der Waals surface area contributed by atoms with Crippen molar-refractivity contribution in [2.45, 2.75) is 13.0 Å². The molecule has 0 aliphatic carbocycles. The number of nitrogens with zero attached hydrogens (tertiary/aromatic N) is 3. The number of nitrogens with one attached hydrogen (secondary N) is 1. The van der Waals surface area contributed by atoms with E-state index in [1.165, 1.54) is 43.5 Å². The molecular formula is C21H15FN4O5. The Bertz CT molecular complexity index is 1160. The van der Waals surface area contributed by atoms with Crippen LogP contribution >= 0.6 is 0 Å². The first-order valence-electron chi connectivity index (χ1n) is 8.91. The third-order valence-electron chi connectivity index (χ3n) is 3.97. The fraction of sp³-hybridized carbons (Fsp3) is 0.0952. The number of carbonyl (C=O) groups excluding carboxylic acids is 1. The third kappa shape index (κ3) is 5.51. The number of aromatic nitrogens is 1. The summed E-state index contributed by atoms with van der Waals surface area (Å²) in [5.74, 6) is -0.531. The van der Waals surface area contributed by atoms with Gasteiger partial charge in [0.25, 0.3) is 5.91 Å². The number of halogens is 1. The van der Waals surface area contributed by atoms with Crippen LogP contribution in [0.2, 0.25) is 0 Å². The van der Waals surface area contributed by atoms with Crippen molar-refractivity contribution in [3.63, 3.8) is 0 Å². The van der Waals surface area contributed by atoms with Crippen molar-refractivity contribution in [2.75, 3.05) is 5.32 Å². The number of carbonyl (C=O) groups is 1. The molecule has 1 amide bonds. The van der Waals surface area contributed by atoms with E-state index in [2.05, 4.69) is 10.3 Å². The summed E-state index contributed by atoms with van der Waals surface area (Å²) in [5.41, 5.74) is -0.204. The molecule has 0 fully saturated rings. The molecule has 1 aromatic heterocycles. The highest BCUT2D eigenvalue weighted by Crippen LogP contribution is 2.26. The summed E-state index contributed by atoms with van der Waals surface area (Å²) in [5, 5.41) is 22.3. The Morgan fingerprint density at radius 1 is 1.19 bits per heavy atom. The van der Waals surface area contributed by atoms with Crippen LogP contribution in [0.4, 0.5) is 15.9 Å². The van der Waals surface area contributed by atoms with Gasteiger partial charge in [-0.1, -0.05) is 0 Å². The summed E-state index contributed by atoms with van der Waals surface area (Å²) in [6.45, 7) is 1.48. The van der Waals surface area contributed by atoms with Crippen molar-refractivity contribution < 1.29 is 23.6 Å². The van der Waals surface area contributed by atoms with Crippen molar-refractivity contribution in [3.8, 4) is 23.3 Å². The molecular weight excluding hydrogens is 407 g/mol. The van der Waals surface area contributed by atoms with Gasteiger partial charge in [0, 0.05) is 18.3 Å². The predicted octanol–water partition coefficient (Wildman–Crippen LogP) is 4.20. The molecule has 1 atom stereocenters. The van der Waals surface area contributed by atoms with Gasteiger partial charge in [-0.25, -0.2) is 9.37 Å². The first-order chi connectivity index (χ1) is 14.9. The first kappa shape index (κ1) is 21.2. The van der Waals surface area contributed by atoms with Crippen molar-refractivity contribution >= 4 is 17.4 Å². The van der Waals surface area contributed by atoms with E-state index in [4.69, 9.17) is 14.7 Å². The van der Waals surface area contributed by atoms with Gasteiger partial charge in [0.15, 0.2) is 6.10 Å². The molecule has 0 saturated carbocycles. The van der Waals surface area contributed by atoms with Gasteiger partial charge in [-0.05, 0) is 49.4 Å². The fourth-order valence-corrected chi connectivity index (χ4v) is 2.52. The number of pyridine rings is 1. The number of amides is 1. The molecule has 0 saturated heterocycles. The monoisotopic (exact) mass is 422 g/mol. The highest BCUT2D eigenvalue weighted by Gasteiger charge is 2.21. The zero-order valence-electron chi connectivity index (χ0n) is 16.1. The number of hydrogen-bond acceptors (Lipinski definition) is 7. The Morgan fingerprint density at radius 3 is 2.58 bits per heavy atom. The first-order valence-corrected chi connectivity index (χ1v) is 8.91. The number of benzene rings is 2. The van der Waals surface area contributed by atoms with E-state index in [0.29, 0.717) is 11.5 Å². The number of nitro groups is 1. The van der Waals surface area contributed by atoms with Crippen molar-refractivity contribution in [3.05, 3.63) is 82.3 Å². The molecule has 0 radical (unpaired) electrons. The van der Waals surface area contributed by atoms with Gasteiger partial charge in [0.1, 0.15) is 23.1 Å². The number of ether oxygens (including phenoxy) is 2. The Morgan fingerprint density at radius 2 is 1.90 bits per heavy atom. The van der Waals surface area contributed by atoms with Gasteiger partial charge < -0.3 is 14.8 Å². The van der Waals surface area contributed by atoms with E-state index in [-0.39, 0.29) is 22.8 Å². The van der Waals surface area contributed by atoms with Crippen LogP contribution in [0.25, 0.3) is 0 Å². The normalized spacial score (nSPS) is 11.1. The standard InChI is InChI=1S/C21H15FN4O5/c1-13(21(27)25-20-19(26(28)29)3-2-8-24-20)30-16-4-6-17(7-5-16)31-18-10-14(12-23)9-15(22)11-18/h2-11,13H,1H3,(H,24,25,27).